The predicted molar refractivity (Wildman–Crippen MR) is 242 cm³/mol. The van der Waals surface area contributed by atoms with Gasteiger partial charge in [-0.2, -0.15) is 0 Å². The lowest BCUT2D eigenvalue weighted by Crippen LogP contribution is -2.00. The Morgan fingerprint density at radius 2 is 0.807 bits per heavy atom. The van der Waals surface area contributed by atoms with Crippen molar-refractivity contribution in [2.24, 2.45) is 0 Å². The number of fused-ring (bicyclic) bond motifs is 9. The minimum absolute atomic E-state index is 0.661. The fourth-order valence-corrected chi connectivity index (χ4v) is 11.1. The summed E-state index contributed by atoms with van der Waals surface area (Å²) in [7, 11) is 0. The van der Waals surface area contributed by atoms with E-state index in [-0.39, 0.29) is 0 Å². The van der Waals surface area contributed by atoms with E-state index >= 15 is 0 Å². The number of rotatable bonds is 5. The third kappa shape index (κ3) is 5.01. The standard InChI is InChI=1S/C51H30N4S2/c1-3-15-31(16-4-1)49-52-50(32-17-5-2-6-18-32)54-51(53-49)40-26-14-30-44-45(40)39-25-12-23-36(47(39)56-44)35-21-11-22-37-38-24-13-29-43(48(38)57-46(35)37)55-41-27-9-7-19-33(41)34-20-8-10-28-42(34)55/h1-30H. The van der Waals surface area contributed by atoms with Gasteiger partial charge in [0.1, 0.15) is 0 Å². The van der Waals surface area contributed by atoms with Crippen molar-refractivity contribution >= 4 is 84.8 Å². The van der Waals surface area contributed by atoms with E-state index in [0.717, 1.165) is 16.7 Å². The van der Waals surface area contributed by atoms with Gasteiger partial charge < -0.3 is 4.57 Å². The molecule has 0 N–H and O–H groups in total. The second-order valence-electron chi connectivity index (χ2n) is 14.3. The first-order valence-corrected chi connectivity index (χ1v) is 20.7. The summed E-state index contributed by atoms with van der Waals surface area (Å²) in [4.78, 5) is 15.2. The number of hydrogen-bond acceptors (Lipinski definition) is 5. The maximum atomic E-state index is 5.13. The molecule has 0 aliphatic heterocycles. The maximum absolute atomic E-state index is 5.13. The Balaban J connectivity index is 1.07. The molecule has 0 radical (unpaired) electrons. The van der Waals surface area contributed by atoms with Crippen LogP contribution in [0.4, 0.5) is 0 Å². The third-order valence-electron chi connectivity index (χ3n) is 11.1. The van der Waals surface area contributed by atoms with Gasteiger partial charge in [0.2, 0.25) is 0 Å². The van der Waals surface area contributed by atoms with Gasteiger partial charge in [0.25, 0.3) is 0 Å². The average molecular weight is 763 g/mol. The van der Waals surface area contributed by atoms with Crippen molar-refractivity contribution in [1.29, 1.82) is 0 Å². The van der Waals surface area contributed by atoms with Crippen LogP contribution in [0.1, 0.15) is 0 Å². The normalized spacial score (nSPS) is 11.9. The largest absolute Gasteiger partial charge is 0.308 e. The summed E-state index contributed by atoms with van der Waals surface area (Å²) in [5.74, 6) is 1.99. The lowest BCUT2D eigenvalue weighted by atomic mass is 9.99. The van der Waals surface area contributed by atoms with Crippen LogP contribution < -0.4 is 0 Å². The van der Waals surface area contributed by atoms with Gasteiger partial charge in [-0.05, 0) is 24.3 Å². The first-order valence-electron chi connectivity index (χ1n) is 19.0. The molecule has 0 amide bonds. The molecule has 0 saturated carbocycles. The quantitative estimate of drug-likeness (QED) is 0.175. The molecule has 266 valence electrons. The number of hydrogen-bond donors (Lipinski definition) is 0. The van der Waals surface area contributed by atoms with Gasteiger partial charge in [0, 0.05) is 74.2 Å². The number of para-hydroxylation sites is 2. The number of nitrogens with zero attached hydrogens (tertiary/aromatic N) is 4. The lowest BCUT2D eigenvalue weighted by Gasteiger charge is -2.10. The van der Waals surface area contributed by atoms with Crippen molar-refractivity contribution in [1.82, 2.24) is 19.5 Å². The Hall–Kier alpha value is -6.99. The first kappa shape index (κ1) is 32.3. The predicted octanol–water partition coefficient (Wildman–Crippen LogP) is 14.4. The molecule has 0 fully saturated rings. The van der Waals surface area contributed by atoms with Crippen LogP contribution in [0.2, 0.25) is 0 Å². The molecule has 4 nitrogen and oxygen atoms in total. The molecule has 12 rings (SSSR count). The van der Waals surface area contributed by atoms with Gasteiger partial charge in [-0.1, -0.05) is 158 Å². The zero-order valence-corrected chi connectivity index (χ0v) is 32.1. The Morgan fingerprint density at radius 1 is 0.333 bits per heavy atom. The fraction of sp³-hybridized carbons (Fsp3) is 0. The zero-order valence-electron chi connectivity index (χ0n) is 30.4. The molecule has 0 spiro atoms. The molecular weight excluding hydrogens is 733 g/mol. The van der Waals surface area contributed by atoms with Gasteiger partial charge in [-0.3, -0.25) is 0 Å². The summed E-state index contributed by atoms with van der Waals surface area (Å²) in [6, 6.07) is 64.7. The number of thiophene rings is 2. The highest BCUT2D eigenvalue weighted by Crippen LogP contribution is 2.48. The lowest BCUT2D eigenvalue weighted by molar-refractivity contribution is 1.08. The second kappa shape index (κ2) is 12.8. The van der Waals surface area contributed by atoms with Crippen molar-refractivity contribution in [2.75, 3.05) is 0 Å². The van der Waals surface area contributed by atoms with E-state index in [1.807, 2.05) is 59.1 Å². The SMILES string of the molecule is c1ccc(-c2nc(-c3ccccc3)nc(-c3cccc4sc5c(-c6cccc7c6sc6c(-n8c9ccccc9c9ccccc98)cccc67)cccc5c34)n2)cc1. The third-order valence-corrected chi connectivity index (χ3v) is 13.6. The Morgan fingerprint density at radius 3 is 1.46 bits per heavy atom. The summed E-state index contributed by atoms with van der Waals surface area (Å²) in [5.41, 5.74) is 9.06. The van der Waals surface area contributed by atoms with Crippen molar-refractivity contribution in [3.8, 4) is 51.0 Å². The van der Waals surface area contributed by atoms with Crippen molar-refractivity contribution in [3.63, 3.8) is 0 Å². The summed E-state index contributed by atoms with van der Waals surface area (Å²) in [6.45, 7) is 0. The van der Waals surface area contributed by atoms with Crippen LogP contribution in [0, 0.1) is 0 Å². The molecule has 0 aliphatic rings. The van der Waals surface area contributed by atoms with Crippen LogP contribution in [-0.4, -0.2) is 19.5 Å². The van der Waals surface area contributed by atoms with E-state index < -0.39 is 0 Å². The molecule has 0 aliphatic carbocycles. The van der Waals surface area contributed by atoms with E-state index in [0.29, 0.717) is 17.5 Å². The Labute approximate surface area is 335 Å². The smallest absolute Gasteiger partial charge is 0.164 e. The highest BCUT2D eigenvalue weighted by molar-refractivity contribution is 7.27. The topological polar surface area (TPSA) is 43.6 Å². The highest BCUT2D eigenvalue weighted by Gasteiger charge is 2.21. The van der Waals surface area contributed by atoms with E-state index in [1.165, 1.54) is 79.0 Å². The number of benzene rings is 8. The molecule has 0 saturated heterocycles. The van der Waals surface area contributed by atoms with Gasteiger partial charge >= 0.3 is 0 Å². The molecule has 12 aromatic rings. The molecule has 0 unspecified atom stereocenters. The molecule has 4 heterocycles. The molecular formula is C51H30N4S2. The summed E-state index contributed by atoms with van der Waals surface area (Å²) < 4.78 is 7.49. The van der Waals surface area contributed by atoms with Gasteiger partial charge in [0.05, 0.1) is 21.4 Å². The summed E-state index contributed by atoms with van der Waals surface area (Å²) in [5, 5.41) is 7.47. The molecule has 0 atom stereocenters. The zero-order chi connectivity index (χ0) is 37.5. The fourth-order valence-electron chi connectivity index (χ4n) is 8.55. The number of aromatic nitrogens is 4. The first-order chi connectivity index (χ1) is 28.3. The minimum Gasteiger partial charge on any atom is -0.308 e. The molecule has 4 aromatic heterocycles. The van der Waals surface area contributed by atoms with E-state index in [1.54, 1.807) is 0 Å². The van der Waals surface area contributed by atoms with Crippen molar-refractivity contribution < 1.29 is 0 Å². The van der Waals surface area contributed by atoms with Crippen LogP contribution in [0.3, 0.4) is 0 Å². The minimum atomic E-state index is 0.661. The summed E-state index contributed by atoms with van der Waals surface area (Å²) in [6.07, 6.45) is 0. The van der Waals surface area contributed by atoms with E-state index in [9.17, 15) is 0 Å². The molecule has 0 bridgehead atoms. The second-order valence-corrected chi connectivity index (χ2v) is 16.4. The Bertz CT molecular complexity index is 3410. The highest BCUT2D eigenvalue weighted by atomic mass is 32.1. The Kier molecular flexibility index (Phi) is 7.24. The maximum Gasteiger partial charge on any atom is 0.164 e. The van der Waals surface area contributed by atoms with Crippen LogP contribution >= 0.6 is 22.7 Å². The monoisotopic (exact) mass is 762 g/mol. The van der Waals surface area contributed by atoms with Crippen molar-refractivity contribution in [2.45, 2.75) is 0 Å². The summed E-state index contributed by atoms with van der Waals surface area (Å²) >= 11 is 3.74. The van der Waals surface area contributed by atoms with E-state index in [2.05, 4.69) is 150 Å². The van der Waals surface area contributed by atoms with Crippen molar-refractivity contribution in [3.05, 3.63) is 182 Å². The van der Waals surface area contributed by atoms with Gasteiger partial charge in [0.15, 0.2) is 17.5 Å². The molecule has 8 aromatic carbocycles. The van der Waals surface area contributed by atoms with E-state index in [4.69, 9.17) is 15.0 Å². The van der Waals surface area contributed by atoms with Crippen LogP contribution in [0.25, 0.3) is 113 Å². The van der Waals surface area contributed by atoms with Gasteiger partial charge in [-0.15, -0.1) is 22.7 Å². The molecule has 6 heteroatoms. The average Bonchev–Trinajstić information content (AvgIpc) is 3.97. The van der Waals surface area contributed by atoms with Crippen LogP contribution in [0.5, 0.6) is 0 Å². The van der Waals surface area contributed by atoms with Crippen LogP contribution in [0.15, 0.2) is 182 Å². The van der Waals surface area contributed by atoms with Crippen LogP contribution in [-0.2, 0) is 0 Å². The molecule has 57 heavy (non-hydrogen) atoms. The van der Waals surface area contributed by atoms with Gasteiger partial charge in [-0.25, -0.2) is 15.0 Å².